The zero-order valence-electron chi connectivity index (χ0n) is 9.71. The van der Waals surface area contributed by atoms with Crippen molar-refractivity contribution in [1.82, 2.24) is 0 Å². The fourth-order valence-corrected chi connectivity index (χ4v) is 5.33. The molecule has 14 heavy (non-hydrogen) atoms. The van der Waals surface area contributed by atoms with Gasteiger partial charge in [0.25, 0.3) is 0 Å². The Morgan fingerprint density at radius 1 is 0.857 bits per heavy atom. The predicted octanol–water partition coefficient (Wildman–Crippen LogP) is 4.10. The molecule has 3 rings (SSSR count). The predicted molar refractivity (Wildman–Crippen MR) is 60.0 cm³/mol. The van der Waals surface area contributed by atoms with Crippen molar-refractivity contribution in [3.05, 3.63) is 0 Å². The van der Waals surface area contributed by atoms with Crippen LogP contribution in [0.4, 0.5) is 0 Å². The second-order valence-corrected chi connectivity index (χ2v) is 6.05. The summed E-state index contributed by atoms with van der Waals surface area (Å²) in [5.74, 6) is 6.89. The zero-order valence-corrected chi connectivity index (χ0v) is 9.71. The van der Waals surface area contributed by atoms with E-state index in [-0.39, 0.29) is 0 Å². The average molecular weight is 192 g/mol. The third kappa shape index (κ3) is 1.06. The van der Waals surface area contributed by atoms with E-state index in [0.29, 0.717) is 0 Å². The normalized spacial score (nSPS) is 55.3. The molecule has 0 heterocycles. The molecular formula is C14H24. The van der Waals surface area contributed by atoms with Crippen LogP contribution < -0.4 is 0 Å². The van der Waals surface area contributed by atoms with E-state index in [0.717, 1.165) is 23.7 Å². The van der Waals surface area contributed by atoms with E-state index in [2.05, 4.69) is 13.8 Å². The highest BCUT2D eigenvalue weighted by molar-refractivity contribution is 5.04. The smallest absolute Gasteiger partial charge is 0.0324 e. The van der Waals surface area contributed by atoms with Gasteiger partial charge in [0.2, 0.25) is 0 Å². The zero-order chi connectivity index (χ0) is 9.71. The van der Waals surface area contributed by atoms with Crippen LogP contribution in [0.15, 0.2) is 0 Å². The van der Waals surface area contributed by atoms with Crippen LogP contribution in [0.3, 0.4) is 0 Å². The number of rotatable bonds is 2. The molecule has 0 saturated heterocycles. The molecular weight excluding hydrogens is 168 g/mol. The number of hydrogen-bond acceptors (Lipinski definition) is 0. The largest absolute Gasteiger partial charge is 0.0651 e. The van der Waals surface area contributed by atoms with E-state index in [1.807, 2.05) is 0 Å². The third-order valence-electron chi connectivity index (χ3n) is 5.84. The molecule has 3 saturated carbocycles. The molecule has 0 aromatic heterocycles. The highest BCUT2D eigenvalue weighted by Gasteiger charge is 2.55. The van der Waals surface area contributed by atoms with Crippen molar-refractivity contribution < 1.29 is 0 Å². The summed E-state index contributed by atoms with van der Waals surface area (Å²) in [6.45, 7) is 4.83. The van der Waals surface area contributed by atoms with E-state index < -0.39 is 0 Å². The monoisotopic (exact) mass is 192 g/mol. The summed E-state index contributed by atoms with van der Waals surface area (Å²) in [6.07, 6.45) is 9.28. The van der Waals surface area contributed by atoms with Gasteiger partial charge >= 0.3 is 0 Å². The molecule has 0 N–H and O–H groups in total. The fourth-order valence-electron chi connectivity index (χ4n) is 5.33. The Kier molecular flexibility index (Phi) is 2.15. The van der Waals surface area contributed by atoms with Crippen molar-refractivity contribution in [2.24, 2.45) is 35.5 Å². The highest BCUT2D eigenvalue weighted by Crippen LogP contribution is 2.63. The maximum absolute atomic E-state index is 2.42. The van der Waals surface area contributed by atoms with Crippen LogP contribution in [0, 0.1) is 35.5 Å². The van der Waals surface area contributed by atoms with Gasteiger partial charge in [0, 0.05) is 0 Å². The molecule has 6 atom stereocenters. The van der Waals surface area contributed by atoms with Gasteiger partial charge in [-0.3, -0.25) is 0 Å². The second-order valence-electron chi connectivity index (χ2n) is 6.05. The minimum Gasteiger partial charge on any atom is -0.0651 e. The van der Waals surface area contributed by atoms with E-state index in [4.69, 9.17) is 0 Å². The topological polar surface area (TPSA) is 0 Å². The minimum absolute atomic E-state index is 1.12. The Morgan fingerprint density at radius 3 is 2.36 bits per heavy atom. The molecule has 0 heteroatoms. The van der Waals surface area contributed by atoms with Crippen LogP contribution in [0.1, 0.15) is 52.4 Å². The molecule has 0 nitrogen and oxygen atoms in total. The maximum Gasteiger partial charge on any atom is -0.0324 e. The first-order valence-electron chi connectivity index (χ1n) is 6.85. The van der Waals surface area contributed by atoms with Crippen LogP contribution >= 0.6 is 0 Å². The molecule has 0 aromatic carbocycles. The number of hydrogen-bond donors (Lipinski definition) is 0. The van der Waals surface area contributed by atoms with Crippen molar-refractivity contribution in [3.63, 3.8) is 0 Å². The molecule has 0 aliphatic heterocycles. The Hall–Kier alpha value is 0. The van der Waals surface area contributed by atoms with E-state index in [1.165, 1.54) is 24.7 Å². The van der Waals surface area contributed by atoms with Crippen LogP contribution in [0.2, 0.25) is 0 Å². The Balaban J connectivity index is 1.82. The van der Waals surface area contributed by atoms with Gasteiger partial charge < -0.3 is 0 Å². The minimum atomic E-state index is 1.12. The van der Waals surface area contributed by atoms with Crippen LogP contribution in [0.25, 0.3) is 0 Å². The summed E-state index contributed by atoms with van der Waals surface area (Å²) in [4.78, 5) is 0. The summed E-state index contributed by atoms with van der Waals surface area (Å²) >= 11 is 0. The summed E-state index contributed by atoms with van der Waals surface area (Å²) in [7, 11) is 0. The summed E-state index contributed by atoms with van der Waals surface area (Å²) in [6, 6.07) is 0. The van der Waals surface area contributed by atoms with Crippen LogP contribution in [-0.4, -0.2) is 0 Å². The first-order chi connectivity index (χ1) is 6.85. The lowest BCUT2D eigenvalue weighted by Gasteiger charge is -2.34. The second kappa shape index (κ2) is 3.25. The quantitative estimate of drug-likeness (QED) is 0.618. The lowest BCUT2D eigenvalue weighted by atomic mass is 9.71. The Morgan fingerprint density at radius 2 is 1.64 bits per heavy atom. The summed E-state index contributed by atoms with van der Waals surface area (Å²) in [5.41, 5.74) is 0. The van der Waals surface area contributed by atoms with E-state index in [1.54, 1.807) is 25.7 Å². The lowest BCUT2D eigenvalue weighted by molar-refractivity contribution is 0.148. The maximum atomic E-state index is 2.42. The van der Waals surface area contributed by atoms with Crippen molar-refractivity contribution in [1.29, 1.82) is 0 Å². The first kappa shape index (κ1) is 9.24. The van der Waals surface area contributed by atoms with Crippen molar-refractivity contribution in [2.45, 2.75) is 52.4 Å². The first-order valence-corrected chi connectivity index (χ1v) is 6.85. The molecule has 3 aliphatic rings. The Bertz CT molecular complexity index is 220. The van der Waals surface area contributed by atoms with Gasteiger partial charge in [0.05, 0.1) is 0 Å². The lowest BCUT2D eigenvalue weighted by Crippen LogP contribution is -2.27. The Labute approximate surface area is 88.5 Å². The fraction of sp³-hybridized carbons (Fsp3) is 1.00. The van der Waals surface area contributed by atoms with Gasteiger partial charge in [0.1, 0.15) is 0 Å². The molecule has 0 aromatic rings. The van der Waals surface area contributed by atoms with Gasteiger partial charge in [0.15, 0.2) is 0 Å². The van der Waals surface area contributed by atoms with Gasteiger partial charge in [-0.05, 0) is 61.2 Å². The van der Waals surface area contributed by atoms with E-state index in [9.17, 15) is 0 Å². The summed E-state index contributed by atoms with van der Waals surface area (Å²) < 4.78 is 0. The highest BCUT2D eigenvalue weighted by atomic mass is 14.6. The van der Waals surface area contributed by atoms with Gasteiger partial charge in [-0.15, -0.1) is 0 Å². The van der Waals surface area contributed by atoms with Crippen molar-refractivity contribution in [3.8, 4) is 0 Å². The van der Waals surface area contributed by atoms with E-state index >= 15 is 0 Å². The van der Waals surface area contributed by atoms with Gasteiger partial charge in [-0.1, -0.05) is 26.7 Å². The molecule has 3 aliphatic carbocycles. The van der Waals surface area contributed by atoms with Gasteiger partial charge in [-0.25, -0.2) is 0 Å². The molecule has 80 valence electrons. The number of fused-ring (bicyclic) bond motifs is 5. The summed E-state index contributed by atoms with van der Waals surface area (Å²) in [5, 5.41) is 0. The molecule has 0 radical (unpaired) electrons. The standard InChI is InChI=1S/C14H24/c1-3-9-5-6-12-11-7-10(4-2)13(8-11)14(9)12/h9-14H,3-8H2,1-2H3. The van der Waals surface area contributed by atoms with Crippen LogP contribution in [-0.2, 0) is 0 Å². The van der Waals surface area contributed by atoms with Crippen molar-refractivity contribution >= 4 is 0 Å². The van der Waals surface area contributed by atoms with Crippen molar-refractivity contribution in [2.75, 3.05) is 0 Å². The molecule has 0 amide bonds. The molecule has 0 spiro atoms. The molecule has 2 bridgehead atoms. The third-order valence-corrected chi connectivity index (χ3v) is 5.84. The molecule has 6 unspecified atom stereocenters. The van der Waals surface area contributed by atoms with Gasteiger partial charge in [-0.2, -0.15) is 0 Å². The van der Waals surface area contributed by atoms with Crippen LogP contribution in [0.5, 0.6) is 0 Å². The molecule has 3 fully saturated rings. The average Bonchev–Trinajstić information content (AvgIpc) is 2.87. The SMILES string of the molecule is CCC1CC2CC1C1C(CC)CCC21.